The van der Waals surface area contributed by atoms with Crippen LogP contribution in [0.15, 0.2) is 24.4 Å². The van der Waals surface area contributed by atoms with Crippen molar-refractivity contribution in [3.63, 3.8) is 0 Å². The Bertz CT molecular complexity index is 661. The SMILES string of the molecule is CC1CCCC(NC(=O)c2c[nH]c3cc(N)ccc23)C1C. The lowest BCUT2D eigenvalue weighted by Gasteiger charge is -2.34. The van der Waals surface area contributed by atoms with Crippen LogP contribution >= 0.6 is 0 Å². The summed E-state index contributed by atoms with van der Waals surface area (Å²) in [5.74, 6) is 1.22. The first-order valence-corrected chi connectivity index (χ1v) is 7.73. The zero-order chi connectivity index (χ0) is 15.0. The zero-order valence-electron chi connectivity index (χ0n) is 12.6. The van der Waals surface area contributed by atoms with Crippen LogP contribution in [0.5, 0.6) is 0 Å². The van der Waals surface area contributed by atoms with Gasteiger partial charge in [-0.25, -0.2) is 0 Å². The maximum Gasteiger partial charge on any atom is 0.253 e. The predicted octanol–water partition coefficient (Wildman–Crippen LogP) is 3.30. The third kappa shape index (κ3) is 2.62. The lowest BCUT2D eigenvalue weighted by atomic mass is 9.78. The van der Waals surface area contributed by atoms with Gasteiger partial charge in [-0.3, -0.25) is 4.79 Å². The molecule has 4 heteroatoms. The van der Waals surface area contributed by atoms with Crippen LogP contribution in [0.1, 0.15) is 43.5 Å². The molecule has 112 valence electrons. The van der Waals surface area contributed by atoms with Crippen molar-refractivity contribution in [2.75, 3.05) is 5.73 Å². The average molecular weight is 285 g/mol. The van der Waals surface area contributed by atoms with E-state index in [0.717, 1.165) is 17.3 Å². The zero-order valence-corrected chi connectivity index (χ0v) is 12.6. The van der Waals surface area contributed by atoms with Crippen LogP contribution < -0.4 is 11.1 Å². The molecule has 1 saturated carbocycles. The van der Waals surface area contributed by atoms with Crippen molar-refractivity contribution in [1.29, 1.82) is 0 Å². The van der Waals surface area contributed by atoms with Crippen LogP contribution in [-0.4, -0.2) is 16.9 Å². The van der Waals surface area contributed by atoms with E-state index < -0.39 is 0 Å². The van der Waals surface area contributed by atoms with Gasteiger partial charge < -0.3 is 16.0 Å². The van der Waals surface area contributed by atoms with Crippen molar-refractivity contribution < 1.29 is 4.79 Å². The fraction of sp³-hybridized carbons (Fsp3) is 0.471. The van der Waals surface area contributed by atoms with Gasteiger partial charge in [0.1, 0.15) is 0 Å². The van der Waals surface area contributed by atoms with Crippen LogP contribution in [0.3, 0.4) is 0 Å². The van der Waals surface area contributed by atoms with E-state index in [1.165, 1.54) is 12.8 Å². The number of nitrogens with one attached hydrogen (secondary N) is 2. The van der Waals surface area contributed by atoms with E-state index in [1.54, 1.807) is 6.20 Å². The van der Waals surface area contributed by atoms with E-state index in [9.17, 15) is 4.79 Å². The highest BCUT2D eigenvalue weighted by atomic mass is 16.1. The van der Waals surface area contributed by atoms with E-state index in [2.05, 4.69) is 24.1 Å². The number of aromatic nitrogens is 1. The minimum atomic E-state index is 0.0111. The maximum absolute atomic E-state index is 12.6. The number of hydrogen-bond donors (Lipinski definition) is 3. The van der Waals surface area contributed by atoms with Gasteiger partial charge in [-0.1, -0.05) is 26.7 Å². The Morgan fingerprint density at radius 1 is 1.33 bits per heavy atom. The van der Waals surface area contributed by atoms with Crippen molar-refractivity contribution in [2.45, 2.75) is 39.2 Å². The molecule has 1 aromatic carbocycles. The Balaban J connectivity index is 1.81. The molecule has 3 rings (SSSR count). The van der Waals surface area contributed by atoms with Crippen molar-refractivity contribution in [3.05, 3.63) is 30.0 Å². The van der Waals surface area contributed by atoms with Gasteiger partial charge in [0.2, 0.25) is 0 Å². The fourth-order valence-corrected chi connectivity index (χ4v) is 3.36. The number of carbonyl (C=O) groups excluding carboxylic acids is 1. The Morgan fingerprint density at radius 3 is 2.95 bits per heavy atom. The minimum Gasteiger partial charge on any atom is -0.399 e. The topological polar surface area (TPSA) is 70.9 Å². The van der Waals surface area contributed by atoms with E-state index in [4.69, 9.17) is 5.73 Å². The molecule has 4 nitrogen and oxygen atoms in total. The molecule has 1 fully saturated rings. The number of nitrogens with two attached hydrogens (primary N) is 1. The molecule has 0 aliphatic heterocycles. The molecule has 0 bridgehead atoms. The molecular formula is C17H23N3O. The Hall–Kier alpha value is -1.97. The lowest BCUT2D eigenvalue weighted by molar-refractivity contribution is 0.0893. The van der Waals surface area contributed by atoms with Gasteiger partial charge in [-0.05, 0) is 36.5 Å². The number of H-pyrrole nitrogens is 1. The first-order valence-electron chi connectivity index (χ1n) is 7.73. The van der Waals surface area contributed by atoms with Gasteiger partial charge in [0, 0.05) is 28.8 Å². The molecule has 1 heterocycles. The summed E-state index contributed by atoms with van der Waals surface area (Å²) in [5, 5.41) is 4.15. The quantitative estimate of drug-likeness (QED) is 0.741. The highest BCUT2D eigenvalue weighted by Crippen LogP contribution is 2.30. The number of nitrogen functional groups attached to an aromatic ring is 1. The third-order valence-electron chi connectivity index (χ3n) is 4.97. The largest absolute Gasteiger partial charge is 0.399 e. The van der Waals surface area contributed by atoms with Crippen LogP contribution in [0, 0.1) is 11.8 Å². The molecule has 1 amide bonds. The first-order chi connectivity index (χ1) is 10.1. The lowest BCUT2D eigenvalue weighted by Crippen LogP contribution is -2.43. The van der Waals surface area contributed by atoms with Crippen LogP contribution in [-0.2, 0) is 0 Å². The number of hydrogen-bond acceptors (Lipinski definition) is 2. The van der Waals surface area contributed by atoms with Crippen molar-refractivity contribution in [3.8, 4) is 0 Å². The van der Waals surface area contributed by atoms with E-state index in [1.807, 2.05) is 18.2 Å². The second-order valence-corrected chi connectivity index (χ2v) is 6.35. The highest BCUT2D eigenvalue weighted by Gasteiger charge is 2.28. The normalized spacial score (nSPS) is 25.9. The Morgan fingerprint density at radius 2 is 2.14 bits per heavy atom. The molecule has 1 aliphatic carbocycles. The summed E-state index contributed by atoms with van der Waals surface area (Å²) in [6.45, 7) is 4.52. The second kappa shape index (κ2) is 5.43. The summed E-state index contributed by atoms with van der Waals surface area (Å²) in [4.78, 5) is 15.7. The van der Waals surface area contributed by atoms with E-state index in [-0.39, 0.29) is 11.9 Å². The second-order valence-electron chi connectivity index (χ2n) is 6.35. The standard InChI is InChI=1S/C17H23N3O/c1-10-4-3-5-15(11(10)2)20-17(21)14-9-19-16-8-12(18)6-7-13(14)16/h6-11,15,19H,3-5,18H2,1-2H3,(H,20,21). The van der Waals surface area contributed by atoms with Crippen molar-refractivity contribution in [1.82, 2.24) is 10.3 Å². The number of benzene rings is 1. The van der Waals surface area contributed by atoms with Crippen LogP contribution in [0.4, 0.5) is 5.69 Å². The Labute approximate surface area is 125 Å². The number of aromatic amines is 1. The minimum absolute atomic E-state index is 0.0111. The number of anilines is 1. The van der Waals surface area contributed by atoms with Gasteiger partial charge in [0.05, 0.1) is 5.56 Å². The van der Waals surface area contributed by atoms with Crippen LogP contribution in [0.2, 0.25) is 0 Å². The average Bonchev–Trinajstić information content (AvgIpc) is 2.86. The molecule has 0 radical (unpaired) electrons. The number of rotatable bonds is 2. The fourth-order valence-electron chi connectivity index (χ4n) is 3.36. The number of carbonyl (C=O) groups is 1. The molecule has 0 spiro atoms. The molecule has 21 heavy (non-hydrogen) atoms. The number of fused-ring (bicyclic) bond motifs is 1. The monoisotopic (exact) mass is 285 g/mol. The van der Waals surface area contributed by atoms with Crippen molar-refractivity contribution >= 4 is 22.5 Å². The summed E-state index contributed by atoms with van der Waals surface area (Å²) >= 11 is 0. The molecule has 4 N–H and O–H groups in total. The highest BCUT2D eigenvalue weighted by molar-refractivity contribution is 6.07. The van der Waals surface area contributed by atoms with Crippen LogP contribution in [0.25, 0.3) is 10.9 Å². The molecule has 1 aliphatic rings. The smallest absolute Gasteiger partial charge is 0.253 e. The third-order valence-corrected chi connectivity index (χ3v) is 4.97. The summed E-state index contributed by atoms with van der Waals surface area (Å²) in [6.07, 6.45) is 5.31. The summed E-state index contributed by atoms with van der Waals surface area (Å²) < 4.78 is 0. The maximum atomic E-state index is 12.6. The summed E-state index contributed by atoms with van der Waals surface area (Å²) in [7, 11) is 0. The molecular weight excluding hydrogens is 262 g/mol. The van der Waals surface area contributed by atoms with Gasteiger partial charge in [0.15, 0.2) is 0 Å². The summed E-state index contributed by atoms with van der Waals surface area (Å²) in [6, 6.07) is 5.87. The summed E-state index contributed by atoms with van der Waals surface area (Å²) in [5.41, 5.74) is 8.08. The van der Waals surface area contributed by atoms with Gasteiger partial charge in [0.25, 0.3) is 5.91 Å². The Kier molecular flexibility index (Phi) is 3.62. The molecule has 2 aromatic rings. The predicted molar refractivity (Wildman–Crippen MR) is 86.1 cm³/mol. The van der Waals surface area contributed by atoms with Gasteiger partial charge in [-0.15, -0.1) is 0 Å². The van der Waals surface area contributed by atoms with Gasteiger partial charge >= 0.3 is 0 Å². The molecule has 1 aromatic heterocycles. The van der Waals surface area contributed by atoms with E-state index in [0.29, 0.717) is 23.1 Å². The van der Waals surface area contributed by atoms with Crippen molar-refractivity contribution in [2.24, 2.45) is 11.8 Å². The van der Waals surface area contributed by atoms with E-state index >= 15 is 0 Å². The molecule has 3 unspecified atom stereocenters. The number of amides is 1. The molecule has 0 saturated heterocycles. The van der Waals surface area contributed by atoms with Gasteiger partial charge in [-0.2, -0.15) is 0 Å². The molecule has 3 atom stereocenters. The first kappa shape index (κ1) is 14.0.